The Morgan fingerprint density at radius 3 is 2.63 bits per heavy atom. The molecule has 0 spiro atoms. The lowest BCUT2D eigenvalue weighted by Gasteiger charge is -2.16. The van der Waals surface area contributed by atoms with Gasteiger partial charge >= 0.3 is 0 Å². The van der Waals surface area contributed by atoms with Crippen molar-refractivity contribution < 1.29 is 9.90 Å². The molecule has 5 nitrogen and oxygen atoms in total. The van der Waals surface area contributed by atoms with Crippen LogP contribution in [-0.4, -0.2) is 21.0 Å². The van der Waals surface area contributed by atoms with Crippen molar-refractivity contribution in [3.8, 4) is 5.75 Å². The van der Waals surface area contributed by atoms with Gasteiger partial charge in [0, 0.05) is 12.4 Å². The molecule has 19 heavy (non-hydrogen) atoms. The Balaban J connectivity index is 2.10. The van der Waals surface area contributed by atoms with Gasteiger partial charge in [0.2, 0.25) is 0 Å². The summed E-state index contributed by atoms with van der Waals surface area (Å²) in [5.41, 5.74) is 1.29. The molecule has 1 atom stereocenters. The zero-order chi connectivity index (χ0) is 13.7. The van der Waals surface area contributed by atoms with Crippen molar-refractivity contribution in [2.24, 2.45) is 0 Å². The first kappa shape index (κ1) is 13.0. The predicted octanol–water partition coefficient (Wildman–Crippen LogP) is 2.06. The molecule has 1 amide bonds. The standard InChI is InChI=1S/C14H15N3O2/c1-2-12(10-5-7-15-8-6-10)17-14(19)13-4-3-11(18)9-16-13/h3-9,12,18H,2H2,1H3,(H,17,19)/t12-/m0/s1. The number of rotatable bonds is 4. The topological polar surface area (TPSA) is 75.1 Å². The molecule has 0 aliphatic carbocycles. The molecule has 0 aliphatic rings. The molecule has 0 unspecified atom stereocenters. The first-order valence-corrected chi connectivity index (χ1v) is 6.06. The summed E-state index contributed by atoms with van der Waals surface area (Å²) in [5, 5.41) is 12.1. The molecular weight excluding hydrogens is 242 g/mol. The van der Waals surface area contributed by atoms with Crippen LogP contribution in [0.1, 0.15) is 35.4 Å². The highest BCUT2D eigenvalue weighted by molar-refractivity contribution is 5.92. The van der Waals surface area contributed by atoms with Crippen LogP contribution in [-0.2, 0) is 0 Å². The minimum absolute atomic E-state index is 0.0396. The van der Waals surface area contributed by atoms with E-state index >= 15 is 0 Å². The second kappa shape index (κ2) is 5.95. The van der Waals surface area contributed by atoms with Crippen LogP contribution in [0.2, 0.25) is 0 Å². The number of hydrogen-bond donors (Lipinski definition) is 2. The van der Waals surface area contributed by atoms with Crippen LogP contribution in [0.3, 0.4) is 0 Å². The number of nitrogens with zero attached hydrogens (tertiary/aromatic N) is 2. The maximum atomic E-state index is 12.0. The molecular formula is C14H15N3O2. The first-order valence-electron chi connectivity index (χ1n) is 6.06. The van der Waals surface area contributed by atoms with Crippen LogP contribution in [0.4, 0.5) is 0 Å². The monoisotopic (exact) mass is 257 g/mol. The van der Waals surface area contributed by atoms with Crippen molar-refractivity contribution in [1.82, 2.24) is 15.3 Å². The van der Waals surface area contributed by atoms with E-state index in [1.54, 1.807) is 12.4 Å². The summed E-state index contributed by atoms with van der Waals surface area (Å²) < 4.78 is 0. The van der Waals surface area contributed by atoms with Gasteiger partial charge in [-0.2, -0.15) is 0 Å². The summed E-state index contributed by atoms with van der Waals surface area (Å²) in [6.45, 7) is 2.00. The van der Waals surface area contributed by atoms with Gasteiger partial charge in [-0.3, -0.25) is 9.78 Å². The fourth-order valence-corrected chi connectivity index (χ4v) is 1.77. The van der Waals surface area contributed by atoms with Gasteiger partial charge in [-0.1, -0.05) is 6.92 Å². The van der Waals surface area contributed by atoms with Gasteiger partial charge in [0.25, 0.3) is 5.91 Å². The molecule has 0 radical (unpaired) electrons. The first-order chi connectivity index (χ1) is 9.20. The van der Waals surface area contributed by atoms with Crippen molar-refractivity contribution in [2.75, 3.05) is 0 Å². The second-order valence-corrected chi connectivity index (χ2v) is 4.12. The number of aromatic nitrogens is 2. The molecule has 0 fully saturated rings. The number of carbonyl (C=O) groups is 1. The highest BCUT2D eigenvalue weighted by Gasteiger charge is 2.14. The minimum Gasteiger partial charge on any atom is -0.506 e. The van der Waals surface area contributed by atoms with E-state index in [9.17, 15) is 4.79 Å². The molecule has 0 saturated heterocycles. The summed E-state index contributed by atoms with van der Waals surface area (Å²) in [4.78, 5) is 19.9. The number of amides is 1. The van der Waals surface area contributed by atoms with E-state index < -0.39 is 0 Å². The van der Waals surface area contributed by atoms with Crippen LogP contribution < -0.4 is 5.32 Å². The van der Waals surface area contributed by atoms with Crippen LogP contribution >= 0.6 is 0 Å². The van der Waals surface area contributed by atoms with Crippen molar-refractivity contribution >= 4 is 5.91 Å². The van der Waals surface area contributed by atoms with Gasteiger partial charge in [0.05, 0.1) is 12.2 Å². The van der Waals surface area contributed by atoms with Gasteiger partial charge in [-0.25, -0.2) is 4.98 Å². The average molecular weight is 257 g/mol. The lowest BCUT2D eigenvalue weighted by Crippen LogP contribution is -2.28. The lowest BCUT2D eigenvalue weighted by molar-refractivity contribution is 0.0930. The van der Waals surface area contributed by atoms with E-state index in [0.717, 1.165) is 12.0 Å². The summed E-state index contributed by atoms with van der Waals surface area (Å²) in [7, 11) is 0. The average Bonchev–Trinajstić information content (AvgIpc) is 2.46. The Hall–Kier alpha value is -2.43. The van der Waals surface area contributed by atoms with Gasteiger partial charge in [0.1, 0.15) is 11.4 Å². The molecule has 0 bridgehead atoms. The molecule has 2 N–H and O–H groups in total. The van der Waals surface area contributed by atoms with Crippen molar-refractivity contribution in [2.45, 2.75) is 19.4 Å². The number of pyridine rings is 2. The highest BCUT2D eigenvalue weighted by atomic mass is 16.3. The number of carbonyl (C=O) groups excluding carboxylic acids is 1. The Morgan fingerprint density at radius 1 is 1.32 bits per heavy atom. The molecule has 0 saturated carbocycles. The van der Waals surface area contributed by atoms with Crippen LogP contribution in [0.5, 0.6) is 5.75 Å². The van der Waals surface area contributed by atoms with Crippen LogP contribution in [0.25, 0.3) is 0 Å². The van der Waals surface area contributed by atoms with E-state index in [1.165, 1.54) is 18.3 Å². The summed E-state index contributed by atoms with van der Waals surface area (Å²) in [6.07, 6.45) is 5.42. The van der Waals surface area contributed by atoms with E-state index in [2.05, 4.69) is 15.3 Å². The van der Waals surface area contributed by atoms with Crippen molar-refractivity contribution in [1.29, 1.82) is 0 Å². The van der Waals surface area contributed by atoms with Gasteiger partial charge in [-0.15, -0.1) is 0 Å². The van der Waals surface area contributed by atoms with Crippen LogP contribution in [0.15, 0.2) is 42.9 Å². The van der Waals surface area contributed by atoms with Crippen molar-refractivity contribution in [3.05, 3.63) is 54.1 Å². The number of nitrogens with one attached hydrogen (secondary N) is 1. The zero-order valence-electron chi connectivity index (χ0n) is 10.6. The van der Waals surface area contributed by atoms with E-state index in [1.807, 2.05) is 19.1 Å². The molecule has 98 valence electrons. The maximum Gasteiger partial charge on any atom is 0.270 e. The highest BCUT2D eigenvalue weighted by Crippen LogP contribution is 2.16. The van der Waals surface area contributed by atoms with Gasteiger partial charge < -0.3 is 10.4 Å². The molecule has 0 aliphatic heterocycles. The van der Waals surface area contributed by atoms with Crippen molar-refractivity contribution in [3.63, 3.8) is 0 Å². The second-order valence-electron chi connectivity index (χ2n) is 4.12. The van der Waals surface area contributed by atoms with E-state index in [4.69, 9.17) is 5.11 Å². The third-order valence-corrected chi connectivity index (χ3v) is 2.80. The molecule has 2 aromatic rings. The number of aromatic hydroxyl groups is 1. The summed E-state index contributed by atoms with van der Waals surface area (Å²) in [5.74, 6) is -0.221. The Labute approximate surface area is 111 Å². The van der Waals surface area contributed by atoms with Gasteiger partial charge in [-0.05, 0) is 36.2 Å². The zero-order valence-corrected chi connectivity index (χ0v) is 10.6. The normalized spacial score (nSPS) is 11.8. The smallest absolute Gasteiger partial charge is 0.270 e. The lowest BCUT2D eigenvalue weighted by atomic mass is 10.1. The Morgan fingerprint density at radius 2 is 2.05 bits per heavy atom. The SMILES string of the molecule is CC[C@H](NC(=O)c1ccc(O)cn1)c1ccncc1. The molecule has 0 aromatic carbocycles. The molecule has 2 aromatic heterocycles. The van der Waals surface area contributed by atoms with E-state index in [-0.39, 0.29) is 23.4 Å². The molecule has 2 heterocycles. The van der Waals surface area contributed by atoms with Gasteiger partial charge in [0.15, 0.2) is 0 Å². The van der Waals surface area contributed by atoms with Crippen LogP contribution in [0, 0.1) is 0 Å². The maximum absolute atomic E-state index is 12.0. The molecule has 5 heteroatoms. The Kier molecular flexibility index (Phi) is 4.07. The molecule has 2 rings (SSSR count). The largest absolute Gasteiger partial charge is 0.506 e. The summed E-state index contributed by atoms with van der Waals surface area (Å²) >= 11 is 0. The fourth-order valence-electron chi connectivity index (χ4n) is 1.77. The fraction of sp³-hybridized carbons (Fsp3) is 0.214. The minimum atomic E-state index is -0.260. The van der Waals surface area contributed by atoms with E-state index in [0.29, 0.717) is 0 Å². The summed E-state index contributed by atoms with van der Waals surface area (Å²) in [6, 6.07) is 6.60. The quantitative estimate of drug-likeness (QED) is 0.879. The predicted molar refractivity (Wildman–Crippen MR) is 70.6 cm³/mol. The Bertz CT molecular complexity index is 540. The number of hydrogen-bond acceptors (Lipinski definition) is 4. The third kappa shape index (κ3) is 3.28. The third-order valence-electron chi connectivity index (χ3n) is 2.80.